The van der Waals surface area contributed by atoms with E-state index in [1.165, 1.54) is 4.90 Å². The first-order chi connectivity index (χ1) is 12.6. The number of nitrogens with zero attached hydrogens (tertiary/aromatic N) is 1. The number of urea groups is 1. The lowest BCUT2D eigenvalue weighted by Gasteiger charge is -2.22. The lowest BCUT2D eigenvalue weighted by molar-refractivity contribution is -0.131. The summed E-state index contributed by atoms with van der Waals surface area (Å²) in [7, 11) is 0. The Morgan fingerprint density at radius 1 is 1.12 bits per heavy atom. The molecule has 2 aromatic carbocycles. The summed E-state index contributed by atoms with van der Waals surface area (Å²) in [5.74, 6) is 1.56. The van der Waals surface area contributed by atoms with Crippen molar-refractivity contribution >= 4 is 11.9 Å². The fraction of sp³-hybridized carbons (Fsp3) is 0.263. The summed E-state index contributed by atoms with van der Waals surface area (Å²) in [6.07, 6.45) is 0. The van der Waals surface area contributed by atoms with Crippen LogP contribution in [0.2, 0.25) is 0 Å². The average Bonchev–Trinajstić information content (AvgIpc) is 3.20. The van der Waals surface area contributed by atoms with Crippen molar-refractivity contribution in [2.24, 2.45) is 0 Å². The van der Waals surface area contributed by atoms with Gasteiger partial charge in [0.25, 0.3) is 5.91 Å². The predicted molar refractivity (Wildman–Crippen MR) is 92.1 cm³/mol. The van der Waals surface area contributed by atoms with Gasteiger partial charge < -0.3 is 19.5 Å². The highest BCUT2D eigenvalue weighted by atomic mass is 16.7. The molecule has 0 aliphatic carbocycles. The number of hydrogen-bond donors (Lipinski definition) is 1. The minimum atomic E-state index is -1.15. The number of amides is 3. The topological polar surface area (TPSA) is 77.1 Å². The van der Waals surface area contributed by atoms with Crippen LogP contribution in [0.25, 0.3) is 0 Å². The molecule has 2 aromatic rings. The quantitative estimate of drug-likeness (QED) is 0.834. The summed E-state index contributed by atoms with van der Waals surface area (Å²) in [6, 6.07) is 14.0. The molecule has 1 fully saturated rings. The molecule has 1 N–H and O–H groups in total. The summed E-state index contributed by atoms with van der Waals surface area (Å²) in [5, 5.41) is 2.77. The summed E-state index contributed by atoms with van der Waals surface area (Å²) in [4.78, 5) is 26.4. The summed E-state index contributed by atoms with van der Waals surface area (Å²) >= 11 is 0. The Hall–Kier alpha value is -3.22. The van der Waals surface area contributed by atoms with E-state index in [0.717, 1.165) is 0 Å². The van der Waals surface area contributed by atoms with E-state index < -0.39 is 11.6 Å². The monoisotopic (exact) mass is 354 g/mol. The van der Waals surface area contributed by atoms with Crippen LogP contribution in [0.15, 0.2) is 48.5 Å². The van der Waals surface area contributed by atoms with Crippen LogP contribution in [0.1, 0.15) is 12.5 Å². The fourth-order valence-electron chi connectivity index (χ4n) is 3.07. The molecule has 0 bridgehead atoms. The second kappa shape index (κ2) is 6.25. The van der Waals surface area contributed by atoms with E-state index in [1.54, 1.807) is 25.1 Å². The number of hydrogen-bond acceptors (Lipinski definition) is 5. The van der Waals surface area contributed by atoms with Crippen LogP contribution < -0.4 is 19.5 Å². The van der Waals surface area contributed by atoms with Gasteiger partial charge in [0.05, 0.1) is 6.54 Å². The third kappa shape index (κ3) is 2.71. The molecule has 4 rings (SSSR count). The van der Waals surface area contributed by atoms with Gasteiger partial charge in [0.1, 0.15) is 17.9 Å². The first kappa shape index (κ1) is 16.3. The number of rotatable bonds is 5. The Bertz CT molecular complexity index is 854. The maximum absolute atomic E-state index is 12.9. The molecule has 7 nitrogen and oxygen atoms in total. The SMILES string of the molecule is CC1(c2ccc3c(c2)OCO3)NC(=O)N(CCOc2ccccc2)C1=O. The highest BCUT2D eigenvalue weighted by Crippen LogP contribution is 2.37. The number of nitrogens with one attached hydrogen (secondary N) is 1. The van der Waals surface area contributed by atoms with Gasteiger partial charge in [-0.2, -0.15) is 0 Å². The van der Waals surface area contributed by atoms with Crippen molar-refractivity contribution in [2.45, 2.75) is 12.5 Å². The van der Waals surface area contributed by atoms with Gasteiger partial charge in [0.2, 0.25) is 6.79 Å². The molecule has 1 unspecified atom stereocenters. The molecule has 7 heteroatoms. The highest BCUT2D eigenvalue weighted by molar-refractivity contribution is 6.07. The van der Waals surface area contributed by atoms with Crippen LogP contribution in [0.5, 0.6) is 17.2 Å². The van der Waals surface area contributed by atoms with Gasteiger partial charge in [0.15, 0.2) is 11.5 Å². The van der Waals surface area contributed by atoms with Crippen molar-refractivity contribution in [1.29, 1.82) is 0 Å². The minimum absolute atomic E-state index is 0.152. The molecule has 134 valence electrons. The number of ether oxygens (including phenoxy) is 3. The van der Waals surface area contributed by atoms with E-state index >= 15 is 0 Å². The largest absolute Gasteiger partial charge is 0.492 e. The van der Waals surface area contributed by atoms with E-state index in [0.29, 0.717) is 22.8 Å². The van der Waals surface area contributed by atoms with Crippen LogP contribution in [0.3, 0.4) is 0 Å². The van der Waals surface area contributed by atoms with Crippen molar-refractivity contribution < 1.29 is 23.8 Å². The van der Waals surface area contributed by atoms with E-state index in [-0.39, 0.29) is 25.9 Å². The van der Waals surface area contributed by atoms with Crippen LogP contribution in [-0.2, 0) is 10.3 Å². The molecule has 1 atom stereocenters. The highest BCUT2D eigenvalue weighted by Gasteiger charge is 2.49. The minimum Gasteiger partial charge on any atom is -0.492 e. The second-order valence-corrected chi connectivity index (χ2v) is 6.24. The van der Waals surface area contributed by atoms with Crippen LogP contribution in [-0.4, -0.2) is 36.8 Å². The molecule has 1 saturated heterocycles. The van der Waals surface area contributed by atoms with Crippen molar-refractivity contribution in [3.8, 4) is 17.2 Å². The van der Waals surface area contributed by atoms with Crippen molar-refractivity contribution in [3.05, 3.63) is 54.1 Å². The molecular weight excluding hydrogens is 336 g/mol. The van der Waals surface area contributed by atoms with Gasteiger partial charge in [-0.15, -0.1) is 0 Å². The Kier molecular flexibility index (Phi) is 3.91. The third-order valence-corrected chi connectivity index (χ3v) is 4.55. The first-order valence-electron chi connectivity index (χ1n) is 8.30. The van der Waals surface area contributed by atoms with Gasteiger partial charge in [-0.05, 0) is 36.8 Å². The van der Waals surface area contributed by atoms with Crippen LogP contribution >= 0.6 is 0 Å². The number of benzene rings is 2. The van der Waals surface area contributed by atoms with Gasteiger partial charge in [0, 0.05) is 0 Å². The zero-order chi connectivity index (χ0) is 18.1. The normalized spacial score (nSPS) is 21.0. The van der Waals surface area contributed by atoms with Gasteiger partial charge in [-0.1, -0.05) is 24.3 Å². The maximum atomic E-state index is 12.9. The zero-order valence-electron chi connectivity index (χ0n) is 14.2. The molecule has 26 heavy (non-hydrogen) atoms. The predicted octanol–water partition coefficient (Wildman–Crippen LogP) is 2.26. The first-order valence-corrected chi connectivity index (χ1v) is 8.30. The molecular formula is C19H18N2O5. The van der Waals surface area contributed by atoms with E-state index in [9.17, 15) is 9.59 Å². The van der Waals surface area contributed by atoms with Crippen molar-refractivity contribution in [3.63, 3.8) is 0 Å². The Morgan fingerprint density at radius 2 is 1.88 bits per heavy atom. The molecule has 2 aliphatic heterocycles. The molecule has 2 heterocycles. The number of carbonyl (C=O) groups is 2. The van der Waals surface area contributed by atoms with E-state index in [4.69, 9.17) is 14.2 Å². The standard InChI is InChI=1S/C19H18N2O5/c1-19(13-7-8-15-16(11-13)26-12-25-15)17(22)21(18(23)20-19)9-10-24-14-5-3-2-4-6-14/h2-8,11H,9-10,12H2,1H3,(H,20,23). The Balaban J connectivity index is 1.47. The van der Waals surface area contributed by atoms with Gasteiger partial charge in [-0.25, -0.2) is 4.79 Å². The Labute approximate surface area is 150 Å². The van der Waals surface area contributed by atoms with E-state index in [1.807, 2.05) is 30.3 Å². The van der Waals surface area contributed by atoms with Gasteiger partial charge >= 0.3 is 6.03 Å². The summed E-state index contributed by atoms with van der Waals surface area (Å²) in [5.41, 5.74) is -0.503. The lowest BCUT2D eigenvalue weighted by Crippen LogP contribution is -2.41. The van der Waals surface area contributed by atoms with Crippen LogP contribution in [0.4, 0.5) is 4.79 Å². The smallest absolute Gasteiger partial charge is 0.325 e. The van der Waals surface area contributed by atoms with Gasteiger partial charge in [-0.3, -0.25) is 9.69 Å². The second-order valence-electron chi connectivity index (χ2n) is 6.24. The average molecular weight is 354 g/mol. The molecule has 0 radical (unpaired) electrons. The molecule has 0 saturated carbocycles. The fourth-order valence-corrected chi connectivity index (χ4v) is 3.07. The zero-order valence-corrected chi connectivity index (χ0v) is 14.2. The van der Waals surface area contributed by atoms with Crippen molar-refractivity contribution in [1.82, 2.24) is 10.2 Å². The molecule has 3 amide bonds. The van der Waals surface area contributed by atoms with Crippen molar-refractivity contribution in [2.75, 3.05) is 19.9 Å². The summed E-state index contributed by atoms with van der Waals surface area (Å²) < 4.78 is 16.2. The number of fused-ring (bicyclic) bond motifs is 1. The molecule has 0 spiro atoms. The number of para-hydroxylation sites is 1. The molecule has 2 aliphatic rings. The lowest BCUT2D eigenvalue weighted by atomic mass is 9.91. The van der Waals surface area contributed by atoms with Crippen LogP contribution in [0, 0.1) is 0 Å². The number of imide groups is 1. The molecule has 0 aromatic heterocycles. The maximum Gasteiger partial charge on any atom is 0.325 e. The number of carbonyl (C=O) groups excluding carboxylic acids is 2. The van der Waals surface area contributed by atoms with E-state index in [2.05, 4.69) is 5.32 Å². The Morgan fingerprint density at radius 3 is 2.69 bits per heavy atom. The summed E-state index contributed by atoms with van der Waals surface area (Å²) in [6.45, 7) is 2.22. The third-order valence-electron chi connectivity index (χ3n) is 4.55.